The average Bonchev–Trinajstić information content (AvgIpc) is 2.60. The maximum atomic E-state index is 13.9. The Kier molecular flexibility index (Phi) is 4.76. The van der Waals surface area contributed by atoms with Crippen LogP contribution in [0.3, 0.4) is 0 Å². The molecular weight excluding hydrogens is 346 g/mol. The number of pyridine rings is 1. The number of nitrogens with one attached hydrogen (secondary N) is 1. The Labute approximate surface area is 148 Å². The number of hydrogen-bond donors (Lipinski definition) is 2. The van der Waals surface area contributed by atoms with Gasteiger partial charge in [0, 0.05) is 42.2 Å². The number of ether oxygens (including phenoxy) is 1. The molecule has 0 aliphatic rings. The summed E-state index contributed by atoms with van der Waals surface area (Å²) in [6.45, 7) is 0. The zero-order chi connectivity index (χ0) is 18.0. The molecule has 1 N–H and O–H groups in total. The fourth-order valence-electron chi connectivity index (χ4n) is 2.34. The lowest BCUT2D eigenvalue weighted by Crippen LogP contribution is -2.14. The number of aryl methyl sites for hydroxylation is 1. The molecule has 0 unspecified atom stereocenters. The molecule has 0 radical (unpaired) electrons. The van der Waals surface area contributed by atoms with E-state index in [2.05, 4.69) is 17.5 Å². The van der Waals surface area contributed by atoms with Crippen LogP contribution in [-0.4, -0.2) is 4.57 Å². The minimum atomic E-state index is -0.803. The topological polar surface area (TPSA) is 43.3 Å². The fourth-order valence-corrected chi connectivity index (χ4v) is 2.48. The van der Waals surface area contributed by atoms with Gasteiger partial charge >= 0.3 is 0 Å². The summed E-state index contributed by atoms with van der Waals surface area (Å²) >= 11 is 4.02. The van der Waals surface area contributed by atoms with E-state index in [9.17, 15) is 13.6 Å². The molecular formula is C18H14F2N2O2S. The highest BCUT2D eigenvalue weighted by Gasteiger charge is 2.13. The second kappa shape index (κ2) is 6.98. The number of aromatic nitrogens is 1. The number of rotatable bonds is 4. The van der Waals surface area contributed by atoms with Gasteiger partial charge in [0.2, 0.25) is 5.56 Å². The lowest BCUT2D eigenvalue weighted by molar-refractivity contribution is 0.439. The quantitative estimate of drug-likeness (QED) is 0.679. The Hall–Kier alpha value is -2.80. The molecule has 0 bridgehead atoms. The van der Waals surface area contributed by atoms with Gasteiger partial charge in [-0.05, 0) is 36.4 Å². The summed E-state index contributed by atoms with van der Waals surface area (Å²) in [5, 5.41) is 0. The third-order valence-electron chi connectivity index (χ3n) is 3.62. The van der Waals surface area contributed by atoms with Gasteiger partial charge in [0.05, 0.1) is 0 Å². The van der Waals surface area contributed by atoms with Gasteiger partial charge in [-0.3, -0.25) is 4.79 Å². The molecule has 0 aliphatic carbocycles. The standard InChI is InChI=1S/C18H14F2N2O2S/c1-22-10-11(2-7-18(22)23)14-9-13(21-25)4-6-16(14)24-17-5-3-12(19)8-15(17)20/h2-10,21,25H,1H3. The Balaban J connectivity index is 2.09. The molecule has 0 fully saturated rings. The van der Waals surface area contributed by atoms with Crippen LogP contribution in [0.4, 0.5) is 14.5 Å². The number of benzene rings is 2. The molecule has 0 saturated heterocycles. The molecule has 4 nitrogen and oxygen atoms in total. The zero-order valence-electron chi connectivity index (χ0n) is 13.2. The van der Waals surface area contributed by atoms with Gasteiger partial charge in [0.15, 0.2) is 11.6 Å². The van der Waals surface area contributed by atoms with E-state index in [1.807, 2.05) is 0 Å². The predicted octanol–water partition coefficient (Wildman–Crippen LogP) is 4.38. The van der Waals surface area contributed by atoms with E-state index in [0.29, 0.717) is 22.6 Å². The van der Waals surface area contributed by atoms with E-state index >= 15 is 0 Å². The van der Waals surface area contributed by atoms with E-state index in [0.717, 1.165) is 12.1 Å². The number of halogens is 2. The summed E-state index contributed by atoms with van der Waals surface area (Å²) in [5.41, 5.74) is 1.86. The molecule has 0 amide bonds. The number of thiol groups is 1. The second-order valence-corrected chi connectivity index (χ2v) is 5.59. The Morgan fingerprint density at radius 1 is 1.04 bits per heavy atom. The summed E-state index contributed by atoms with van der Waals surface area (Å²) in [7, 11) is 1.63. The molecule has 0 atom stereocenters. The van der Waals surface area contributed by atoms with Crippen LogP contribution in [0.25, 0.3) is 11.1 Å². The number of hydrogen-bond acceptors (Lipinski definition) is 4. The highest BCUT2D eigenvalue weighted by Crippen LogP contribution is 2.36. The number of anilines is 1. The van der Waals surface area contributed by atoms with E-state index in [4.69, 9.17) is 4.74 Å². The molecule has 25 heavy (non-hydrogen) atoms. The summed E-state index contributed by atoms with van der Waals surface area (Å²) in [5.74, 6) is -1.23. The van der Waals surface area contributed by atoms with Gasteiger partial charge in [-0.1, -0.05) is 12.8 Å². The average molecular weight is 360 g/mol. The Bertz CT molecular complexity index is 989. The molecule has 1 heterocycles. The summed E-state index contributed by atoms with van der Waals surface area (Å²) in [6, 6.07) is 11.3. The summed E-state index contributed by atoms with van der Waals surface area (Å²) in [6.07, 6.45) is 1.65. The van der Waals surface area contributed by atoms with Crippen LogP contribution in [0.2, 0.25) is 0 Å². The van der Waals surface area contributed by atoms with Crippen LogP contribution in [0.1, 0.15) is 0 Å². The second-order valence-electron chi connectivity index (χ2n) is 5.37. The summed E-state index contributed by atoms with van der Waals surface area (Å²) < 4.78 is 36.8. The van der Waals surface area contributed by atoms with Crippen molar-refractivity contribution >= 4 is 18.5 Å². The van der Waals surface area contributed by atoms with Gasteiger partial charge in [0.1, 0.15) is 11.6 Å². The molecule has 3 rings (SSSR count). The van der Waals surface area contributed by atoms with Crippen LogP contribution < -0.4 is 15.0 Å². The molecule has 128 valence electrons. The van der Waals surface area contributed by atoms with Crippen LogP contribution in [0.5, 0.6) is 11.5 Å². The highest BCUT2D eigenvalue weighted by molar-refractivity contribution is 7.81. The van der Waals surface area contributed by atoms with Crippen LogP contribution >= 0.6 is 12.8 Å². The van der Waals surface area contributed by atoms with Gasteiger partial charge in [0.25, 0.3) is 0 Å². The van der Waals surface area contributed by atoms with Crippen LogP contribution in [0.15, 0.2) is 59.5 Å². The third-order valence-corrected chi connectivity index (χ3v) is 3.88. The van der Waals surface area contributed by atoms with Crippen LogP contribution in [-0.2, 0) is 7.05 Å². The van der Waals surface area contributed by atoms with Gasteiger partial charge in [-0.15, -0.1) is 0 Å². The third kappa shape index (κ3) is 3.66. The van der Waals surface area contributed by atoms with Crippen molar-refractivity contribution in [2.24, 2.45) is 7.05 Å². The van der Waals surface area contributed by atoms with Crippen molar-refractivity contribution in [3.63, 3.8) is 0 Å². The SMILES string of the molecule is Cn1cc(-c2cc(NS)ccc2Oc2ccc(F)cc2F)ccc1=O. The van der Waals surface area contributed by atoms with Crippen LogP contribution in [0, 0.1) is 11.6 Å². The highest BCUT2D eigenvalue weighted by atomic mass is 32.1. The minimum absolute atomic E-state index is 0.0981. The zero-order valence-corrected chi connectivity index (χ0v) is 14.1. The van der Waals surface area contributed by atoms with Gasteiger partial charge < -0.3 is 14.0 Å². The lowest BCUT2D eigenvalue weighted by atomic mass is 10.1. The fraction of sp³-hybridized carbons (Fsp3) is 0.0556. The van der Waals surface area contributed by atoms with Gasteiger partial charge in [-0.2, -0.15) is 0 Å². The van der Waals surface area contributed by atoms with Crippen molar-refractivity contribution in [2.45, 2.75) is 0 Å². The normalized spacial score (nSPS) is 10.6. The largest absolute Gasteiger partial charge is 0.454 e. The Morgan fingerprint density at radius 3 is 2.48 bits per heavy atom. The van der Waals surface area contributed by atoms with Crippen molar-refractivity contribution in [1.29, 1.82) is 0 Å². The predicted molar refractivity (Wildman–Crippen MR) is 96.2 cm³/mol. The summed E-state index contributed by atoms with van der Waals surface area (Å²) in [4.78, 5) is 11.6. The molecule has 1 aromatic heterocycles. The molecule has 2 aromatic carbocycles. The van der Waals surface area contributed by atoms with E-state index in [1.54, 1.807) is 37.5 Å². The smallest absolute Gasteiger partial charge is 0.250 e. The van der Waals surface area contributed by atoms with Crippen molar-refractivity contribution in [1.82, 2.24) is 4.57 Å². The molecule has 0 aliphatic heterocycles. The van der Waals surface area contributed by atoms with Crippen molar-refractivity contribution in [3.8, 4) is 22.6 Å². The lowest BCUT2D eigenvalue weighted by Gasteiger charge is -2.14. The monoisotopic (exact) mass is 360 g/mol. The van der Waals surface area contributed by atoms with E-state index in [-0.39, 0.29) is 11.3 Å². The van der Waals surface area contributed by atoms with Crippen molar-refractivity contribution < 1.29 is 13.5 Å². The Morgan fingerprint density at radius 2 is 1.80 bits per heavy atom. The maximum absolute atomic E-state index is 13.9. The van der Waals surface area contributed by atoms with E-state index in [1.165, 1.54) is 16.7 Å². The molecule has 0 spiro atoms. The first-order valence-corrected chi connectivity index (χ1v) is 7.77. The van der Waals surface area contributed by atoms with Gasteiger partial charge in [-0.25, -0.2) is 8.78 Å². The minimum Gasteiger partial charge on any atom is -0.454 e. The maximum Gasteiger partial charge on any atom is 0.250 e. The first kappa shape index (κ1) is 17.0. The van der Waals surface area contributed by atoms with Crippen molar-refractivity contribution in [3.05, 3.63) is 76.7 Å². The number of nitrogens with zero attached hydrogens (tertiary/aromatic N) is 1. The van der Waals surface area contributed by atoms with E-state index < -0.39 is 11.6 Å². The molecule has 7 heteroatoms. The molecule has 0 saturated carbocycles. The first-order chi connectivity index (χ1) is 12.0. The first-order valence-electron chi connectivity index (χ1n) is 7.32. The molecule has 3 aromatic rings. The van der Waals surface area contributed by atoms with Crippen molar-refractivity contribution in [2.75, 3.05) is 4.72 Å².